The molecule has 0 radical (unpaired) electrons. The van der Waals surface area contributed by atoms with Crippen LogP contribution in [0.3, 0.4) is 0 Å². The van der Waals surface area contributed by atoms with Gasteiger partial charge in [-0.2, -0.15) is 13.2 Å². The van der Waals surface area contributed by atoms with Crippen molar-refractivity contribution in [3.8, 4) is 0 Å². The third-order valence-electron chi connectivity index (χ3n) is 1.56. The van der Waals surface area contributed by atoms with Gasteiger partial charge in [0.2, 0.25) is 0 Å². The van der Waals surface area contributed by atoms with E-state index in [2.05, 4.69) is 12.6 Å². The summed E-state index contributed by atoms with van der Waals surface area (Å²) in [7, 11) is 0. The molecule has 0 spiro atoms. The van der Waals surface area contributed by atoms with Gasteiger partial charge < -0.3 is 0 Å². The molecule has 0 bridgehead atoms. The number of nitrogens with zero attached hydrogens (tertiary/aromatic N) is 1. The molecule has 0 saturated carbocycles. The Morgan fingerprint density at radius 1 is 1.40 bits per heavy atom. The Labute approximate surface area is 101 Å². The number of nitro benzene ring substituents is 1. The van der Waals surface area contributed by atoms with Gasteiger partial charge in [-0.05, 0) is 28.7 Å². The summed E-state index contributed by atoms with van der Waals surface area (Å²) in [4.78, 5) is 8.89. The lowest BCUT2D eigenvalue weighted by atomic mass is 10.2. The molecule has 15 heavy (non-hydrogen) atoms. The maximum absolute atomic E-state index is 12.4. The van der Waals surface area contributed by atoms with Gasteiger partial charge in [0.25, 0.3) is 5.69 Å². The highest BCUT2D eigenvalue weighted by molar-refractivity contribution is 14.1. The molecule has 8 heteroatoms. The fraction of sp³-hybridized carbons (Fsp3) is 0.143. The molecule has 0 saturated heterocycles. The standard InChI is InChI=1S/C7H3F3INO2S/c8-7(9,10)4-1-3(11)2-5(6(4)15)12(13)14/h1-2,15H. The second-order valence-electron chi connectivity index (χ2n) is 2.58. The second-order valence-corrected chi connectivity index (χ2v) is 4.27. The van der Waals surface area contributed by atoms with Gasteiger partial charge in [-0.1, -0.05) is 0 Å². The van der Waals surface area contributed by atoms with Crippen LogP contribution in [0.15, 0.2) is 17.0 Å². The Kier molecular flexibility index (Phi) is 3.48. The van der Waals surface area contributed by atoms with Crippen LogP contribution in [0.25, 0.3) is 0 Å². The lowest BCUT2D eigenvalue weighted by Gasteiger charge is -2.09. The average molecular weight is 349 g/mol. The van der Waals surface area contributed by atoms with Crippen LogP contribution in [-0.2, 0) is 6.18 Å². The summed E-state index contributed by atoms with van der Waals surface area (Å²) in [6.45, 7) is 0. The zero-order valence-electron chi connectivity index (χ0n) is 6.88. The molecular formula is C7H3F3INO2S. The molecule has 0 aliphatic heterocycles. The van der Waals surface area contributed by atoms with Crippen molar-refractivity contribution in [1.29, 1.82) is 0 Å². The fourth-order valence-electron chi connectivity index (χ4n) is 0.940. The first-order chi connectivity index (χ1) is 6.73. The largest absolute Gasteiger partial charge is 0.417 e. The Hall–Kier alpha value is -0.510. The third kappa shape index (κ3) is 2.74. The molecule has 0 N–H and O–H groups in total. The second kappa shape index (κ2) is 4.16. The normalized spacial score (nSPS) is 11.5. The molecule has 0 heterocycles. The summed E-state index contributed by atoms with van der Waals surface area (Å²) >= 11 is 5.11. The van der Waals surface area contributed by atoms with Crippen molar-refractivity contribution in [2.45, 2.75) is 11.1 Å². The highest BCUT2D eigenvalue weighted by Crippen LogP contribution is 2.39. The van der Waals surface area contributed by atoms with Gasteiger partial charge in [0.15, 0.2) is 0 Å². The first-order valence-electron chi connectivity index (χ1n) is 3.47. The molecule has 0 aliphatic carbocycles. The summed E-state index contributed by atoms with van der Waals surface area (Å²) in [6, 6.07) is 1.86. The van der Waals surface area contributed by atoms with E-state index in [1.807, 2.05) is 0 Å². The van der Waals surface area contributed by atoms with Gasteiger partial charge >= 0.3 is 6.18 Å². The number of rotatable bonds is 1. The van der Waals surface area contributed by atoms with Gasteiger partial charge in [0.1, 0.15) is 0 Å². The lowest BCUT2D eigenvalue weighted by Crippen LogP contribution is -2.08. The minimum Gasteiger partial charge on any atom is -0.258 e. The van der Waals surface area contributed by atoms with E-state index < -0.39 is 27.2 Å². The minimum atomic E-state index is -4.64. The van der Waals surface area contributed by atoms with E-state index in [0.29, 0.717) is 0 Å². The van der Waals surface area contributed by atoms with Crippen LogP contribution in [0.2, 0.25) is 0 Å². The van der Waals surface area contributed by atoms with E-state index in [9.17, 15) is 23.3 Å². The van der Waals surface area contributed by atoms with Crippen molar-refractivity contribution in [2.75, 3.05) is 0 Å². The number of nitro groups is 1. The van der Waals surface area contributed by atoms with Crippen LogP contribution in [0.5, 0.6) is 0 Å². The van der Waals surface area contributed by atoms with Crippen molar-refractivity contribution in [3.05, 3.63) is 31.4 Å². The van der Waals surface area contributed by atoms with Crippen LogP contribution in [0.1, 0.15) is 5.56 Å². The Balaban J connectivity index is 3.49. The van der Waals surface area contributed by atoms with E-state index in [1.54, 1.807) is 22.6 Å². The Morgan fingerprint density at radius 3 is 2.33 bits per heavy atom. The summed E-state index contributed by atoms with van der Waals surface area (Å²) in [5, 5.41) is 10.4. The predicted molar refractivity (Wildman–Crippen MR) is 58.1 cm³/mol. The quantitative estimate of drug-likeness (QED) is 0.365. The topological polar surface area (TPSA) is 43.1 Å². The molecule has 1 aromatic carbocycles. The maximum Gasteiger partial charge on any atom is 0.417 e. The number of alkyl halides is 3. The van der Waals surface area contributed by atoms with Gasteiger partial charge in [0.05, 0.1) is 15.4 Å². The molecule has 1 rings (SSSR count). The Bertz CT molecular complexity index is 421. The molecule has 0 aliphatic rings. The smallest absolute Gasteiger partial charge is 0.258 e. The number of hydrogen-bond acceptors (Lipinski definition) is 3. The van der Waals surface area contributed by atoms with Crippen LogP contribution < -0.4 is 0 Å². The fourth-order valence-corrected chi connectivity index (χ4v) is 1.88. The van der Waals surface area contributed by atoms with Crippen molar-refractivity contribution in [1.82, 2.24) is 0 Å². The van der Waals surface area contributed by atoms with E-state index in [0.717, 1.165) is 12.1 Å². The van der Waals surface area contributed by atoms with Crippen molar-refractivity contribution in [2.24, 2.45) is 0 Å². The summed E-state index contributed by atoms with van der Waals surface area (Å²) in [6.07, 6.45) is -4.64. The van der Waals surface area contributed by atoms with Crippen LogP contribution in [0.4, 0.5) is 18.9 Å². The maximum atomic E-state index is 12.4. The number of thiol groups is 1. The van der Waals surface area contributed by atoms with E-state index in [4.69, 9.17) is 0 Å². The van der Waals surface area contributed by atoms with E-state index >= 15 is 0 Å². The van der Waals surface area contributed by atoms with Crippen molar-refractivity contribution < 1.29 is 18.1 Å². The van der Waals surface area contributed by atoms with Gasteiger partial charge in [-0.3, -0.25) is 10.1 Å². The van der Waals surface area contributed by atoms with E-state index in [1.165, 1.54) is 0 Å². The van der Waals surface area contributed by atoms with Gasteiger partial charge in [-0.25, -0.2) is 0 Å². The minimum absolute atomic E-state index is 0.143. The SMILES string of the molecule is O=[N+]([O-])c1cc(I)cc(C(F)(F)F)c1S. The summed E-state index contributed by atoms with van der Waals surface area (Å²) in [5.74, 6) is 0. The van der Waals surface area contributed by atoms with Crippen molar-refractivity contribution in [3.63, 3.8) is 0 Å². The van der Waals surface area contributed by atoms with Gasteiger partial charge in [-0.15, -0.1) is 12.6 Å². The molecule has 0 atom stereocenters. The first kappa shape index (κ1) is 12.6. The zero-order chi connectivity index (χ0) is 11.8. The highest BCUT2D eigenvalue weighted by atomic mass is 127. The summed E-state index contributed by atoms with van der Waals surface area (Å²) in [5.41, 5.74) is -1.73. The molecule has 0 amide bonds. The van der Waals surface area contributed by atoms with Crippen LogP contribution in [-0.4, -0.2) is 4.92 Å². The van der Waals surface area contributed by atoms with Crippen LogP contribution in [0, 0.1) is 13.7 Å². The third-order valence-corrected chi connectivity index (χ3v) is 2.65. The average Bonchev–Trinajstić information content (AvgIpc) is 2.06. The molecule has 0 unspecified atom stereocenters. The van der Waals surface area contributed by atoms with E-state index in [-0.39, 0.29) is 3.57 Å². The number of hydrogen-bond donors (Lipinski definition) is 1. The Morgan fingerprint density at radius 2 is 1.93 bits per heavy atom. The van der Waals surface area contributed by atoms with Crippen molar-refractivity contribution >= 4 is 40.9 Å². The van der Waals surface area contributed by atoms with Crippen LogP contribution >= 0.6 is 35.2 Å². The first-order valence-corrected chi connectivity index (χ1v) is 5.00. The zero-order valence-corrected chi connectivity index (χ0v) is 9.93. The molecule has 1 aromatic rings. The molecule has 0 fully saturated rings. The highest BCUT2D eigenvalue weighted by Gasteiger charge is 2.36. The summed E-state index contributed by atoms with van der Waals surface area (Å²) < 4.78 is 37.3. The molecule has 82 valence electrons. The predicted octanol–water partition coefficient (Wildman–Crippen LogP) is 3.51. The number of benzene rings is 1. The number of halogens is 4. The monoisotopic (exact) mass is 349 g/mol. The molecule has 3 nitrogen and oxygen atoms in total. The lowest BCUT2D eigenvalue weighted by molar-refractivity contribution is -0.388. The molecular weight excluding hydrogens is 346 g/mol. The molecule has 0 aromatic heterocycles. The van der Waals surface area contributed by atoms with Gasteiger partial charge in [0, 0.05) is 9.64 Å².